The van der Waals surface area contributed by atoms with E-state index in [1.807, 2.05) is 0 Å². The topological polar surface area (TPSA) is 58.9 Å². The minimum atomic E-state index is -0.502. The first-order valence-electron chi connectivity index (χ1n) is 13.5. The summed E-state index contributed by atoms with van der Waals surface area (Å²) < 4.78 is 13.1. The van der Waals surface area contributed by atoms with Gasteiger partial charge >= 0.3 is 0 Å². The van der Waals surface area contributed by atoms with Crippen LogP contribution < -0.4 is 0 Å². The second-order valence-electron chi connectivity index (χ2n) is 12.6. The van der Waals surface area contributed by atoms with Crippen LogP contribution in [0.15, 0.2) is 11.6 Å². The lowest BCUT2D eigenvalue weighted by Crippen LogP contribution is -2.50. The van der Waals surface area contributed by atoms with Crippen molar-refractivity contribution in [2.24, 2.45) is 40.4 Å². The number of fused-ring (bicyclic) bond motifs is 5. The molecule has 10 unspecified atom stereocenters. The van der Waals surface area contributed by atoms with Crippen molar-refractivity contribution < 1.29 is 19.7 Å². The first-order chi connectivity index (χ1) is 15.2. The molecular formula is C28H46O4. The molecule has 1 heterocycles. The van der Waals surface area contributed by atoms with Gasteiger partial charge in [0.2, 0.25) is 0 Å². The maximum atomic E-state index is 10.3. The number of rotatable bonds is 4. The Hall–Kier alpha value is -0.420. The van der Waals surface area contributed by atoms with Crippen molar-refractivity contribution in [2.75, 3.05) is 13.2 Å². The van der Waals surface area contributed by atoms with Gasteiger partial charge in [0, 0.05) is 18.9 Å². The van der Waals surface area contributed by atoms with Crippen LogP contribution in [-0.4, -0.2) is 41.4 Å². The summed E-state index contributed by atoms with van der Waals surface area (Å²) in [6, 6.07) is 0. The number of ether oxygens (including phenoxy) is 2. The van der Waals surface area contributed by atoms with Crippen LogP contribution in [0, 0.1) is 40.4 Å². The smallest absolute Gasteiger partial charge is 0.165 e. The van der Waals surface area contributed by atoms with Gasteiger partial charge in [0.25, 0.3) is 0 Å². The van der Waals surface area contributed by atoms with E-state index in [1.165, 1.54) is 32.1 Å². The van der Waals surface area contributed by atoms with Gasteiger partial charge in [-0.3, -0.25) is 0 Å². The van der Waals surface area contributed by atoms with Gasteiger partial charge in [-0.1, -0.05) is 38.8 Å². The highest BCUT2D eigenvalue weighted by Crippen LogP contribution is 2.67. The highest BCUT2D eigenvalue weighted by Gasteiger charge is 2.61. The van der Waals surface area contributed by atoms with E-state index in [0.717, 1.165) is 49.9 Å². The van der Waals surface area contributed by atoms with Crippen LogP contribution in [0.4, 0.5) is 0 Å². The van der Waals surface area contributed by atoms with Crippen molar-refractivity contribution in [3.8, 4) is 0 Å². The van der Waals surface area contributed by atoms with E-state index >= 15 is 0 Å². The van der Waals surface area contributed by atoms with E-state index in [1.54, 1.807) is 5.57 Å². The van der Waals surface area contributed by atoms with Gasteiger partial charge < -0.3 is 19.7 Å². The van der Waals surface area contributed by atoms with Crippen LogP contribution in [0.1, 0.15) is 91.9 Å². The van der Waals surface area contributed by atoms with Crippen molar-refractivity contribution in [1.29, 1.82) is 0 Å². The molecule has 4 fully saturated rings. The summed E-state index contributed by atoms with van der Waals surface area (Å²) in [5.74, 6) is 2.58. The van der Waals surface area contributed by atoms with Crippen LogP contribution in [0.3, 0.4) is 0 Å². The summed E-state index contributed by atoms with van der Waals surface area (Å²) in [5.41, 5.74) is 2.21. The Morgan fingerprint density at radius 3 is 2.59 bits per heavy atom. The number of aliphatic hydroxyl groups excluding tert-OH is 2. The highest BCUT2D eigenvalue weighted by molar-refractivity contribution is 5.25. The van der Waals surface area contributed by atoms with Crippen LogP contribution >= 0.6 is 0 Å². The van der Waals surface area contributed by atoms with Crippen LogP contribution in [0.2, 0.25) is 0 Å². The molecule has 0 bridgehead atoms. The van der Waals surface area contributed by atoms with Gasteiger partial charge in [-0.05, 0) is 92.8 Å². The minimum Gasteiger partial charge on any atom is -0.396 e. The summed E-state index contributed by atoms with van der Waals surface area (Å²) >= 11 is 0. The van der Waals surface area contributed by atoms with Crippen LogP contribution in [0.25, 0.3) is 0 Å². The predicted molar refractivity (Wildman–Crippen MR) is 126 cm³/mol. The Morgan fingerprint density at radius 1 is 1.09 bits per heavy atom. The molecule has 0 radical (unpaired) electrons. The lowest BCUT2D eigenvalue weighted by Gasteiger charge is -2.58. The van der Waals surface area contributed by atoms with Crippen molar-refractivity contribution in [2.45, 2.75) is 110 Å². The highest BCUT2D eigenvalue weighted by atomic mass is 16.7. The third-order valence-corrected chi connectivity index (χ3v) is 11.0. The molecule has 0 aromatic heterocycles. The standard InChI is InChI=1S/C28H46O4/c1-5-22-25(32-28(4)13-8-18(16-29)17-31-28)15-24-21-7-6-19-14-20(30)9-11-26(19,2)23(21)10-12-27(22,24)3/h6,18,20-25,29-30H,5,7-17H2,1-4H3. The molecule has 1 saturated heterocycles. The molecule has 182 valence electrons. The molecule has 2 N–H and O–H groups in total. The average Bonchev–Trinajstić information content (AvgIpc) is 3.05. The van der Waals surface area contributed by atoms with Gasteiger partial charge in [-0.15, -0.1) is 0 Å². The number of allylic oxidation sites excluding steroid dienone is 1. The molecule has 0 aromatic carbocycles. The van der Waals surface area contributed by atoms with E-state index in [2.05, 4.69) is 33.8 Å². The Kier molecular flexibility index (Phi) is 6.09. The fourth-order valence-electron chi connectivity index (χ4n) is 9.07. The average molecular weight is 447 g/mol. The van der Waals surface area contributed by atoms with E-state index in [-0.39, 0.29) is 24.7 Å². The number of hydrogen-bond donors (Lipinski definition) is 2. The van der Waals surface area contributed by atoms with Crippen LogP contribution in [0.5, 0.6) is 0 Å². The molecule has 5 rings (SSSR count). The van der Waals surface area contributed by atoms with Crippen LogP contribution in [-0.2, 0) is 9.47 Å². The summed E-state index contributed by atoms with van der Waals surface area (Å²) in [4.78, 5) is 0. The lowest BCUT2D eigenvalue weighted by molar-refractivity contribution is -0.281. The minimum absolute atomic E-state index is 0.130. The zero-order valence-corrected chi connectivity index (χ0v) is 20.8. The van der Waals surface area contributed by atoms with E-state index < -0.39 is 5.79 Å². The van der Waals surface area contributed by atoms with E-state index in [0.29, 0.717) is 23.4 Å². The largest absolute Gasteiger partial charge is 0.396 e. The molecule has 0 amide bonds. The van der Waals surface area contributed by atoms with E-state index in [4.69, 9.17) is 9.47 Å². The zero-order valence-electron chi connectivity index (χ0n) is 20.8. The third kappa shape index (κ3) is 3.63. The maximum Gasteiger partial charge on any atom is 0.165 e. The second kappa shape index (κ2) is 8.36. The lowest BCUT2D eigenvalue weighted by atomic mass is 9.47. The van der Waals surface area contributed by atoms with Crippen molar-refractivity contribution in [3.63, 3.8) is 0 Å². The molecule has 10 atom stereocenters. The van der Waals surface area contributed by atoms with Gasteiger partial charge in [-0.25, -0.2) is 0 Å². The summed E-state index contributed by atoms with van der Waals surface area (Å²) in [6.45, 7) is 10.4. The third-order valence-electron chi connectivity index (χ3n) is 11.0. The molecule has 4 nitrogen and oxygen atoms in total. The molecular weight excluding hydrogens is 400 g/mol. The van der Waals surface area contributed by atoms with Crippen molar-refractivity contribution in [3.05, 3.63) is 11.6 Å². The molecule has 0 spiro atoms. The van der Waals surface area contributed by atoms with Gasteiger partial charge in [-0.2, -0.15) is 0 Å². The van der Waals surface area contributed by atoms with Crippen molar-refractivity contribution >= 4 is 0 Å². The molecule has 5 aliphatic rings. The first-order valence-corrected chi connectivity index (χ1v) is 13.5. The maximum absolute atomic E-state index is 10.3. The monoisotopic (exact) mass is 446 g/mol. The Labute approximate surface area is 195 Å². The van der Waals surface area contributed by atoms with Gasteiger partial charge in [0.05, 0.1) is 18.8 Å². The SMILES string of the molecule is CCC1C(OC2(C)CCC(CO)CO2)CC2C3CC=C4CC(O)CCC4(C)C3CCC12C. The van der Waals surface area contributed by atoms with E-state index in [9.17, 15) is 10.2 Å². The molecule has 4 aliphatic carbocycles. The molecule has 1 aliphatic heterocycles. The second-order valence-corrected chi connectivity index (χ2v) is 12.6. The number of aliphatic hydroxyl groups is 2. The van der Waals surface area contributed by atoms with Gasteiger partial charge in [0.1, 0.15) is 0 Å². The summed E-state index contributed by atoms with van der Waals surface area (Å²) in [7, 11) is 0. The normalized spacial score (nSPS) is 53.2. The summed E-state index contributed by atoms with van der Waals surface area (Å²) in [5, 5.41) is 19.8. The Bertz CT molecular complexity index is 725. The zero-order chi connectivity index (χ0) is 22.7. The Balaban J connectivity index is 1.36. The molecule has 0 aromatic rings. The quantitative estimate of drug-likeness (QED) is 0.563. The molecule has 4 heteroatoms. The summed E-state index contributed by atoms with van der Waals surface area (Å²) in [6.07, 6.45) is 13.7. The first kappa shape index (κ1) is 23.3. The number of hydrogen-bond acceptors (Lipinski definition) is 4. The van der Waals surface area contributed by atoms with Gasteiger partial charge in [0.15, 0.2) is 5.79 Å². The fraction of sp³-hybridized carbons (Fsp3) is 0.929. The van der Waals surface area contributed by atoms with Crippen molar-refractivity contribution in [1.82, 2.24) is 0 Å². The Morgan fingerprint density at radius 2 is 1.91 bits per heavy atom. The molecule has 32 heavy (non-hydrogen) atoms. The fourth-order valence-corrected chi connectivity index (χ4v) is 9.07. The molecule has 3 saturated carbocycles. The predicted octanol–water partition coefficient (Wildman–Crippen LogP) is 5.47.